The van der Waals surface area contributed by atoms with Gasteiger partial charge in [0, 0.05) is 5.56 Å². The van der Waals surface area contributed by atoms with Crippen molar-refractivity contribution in [3.63, 3.8) is 0 Å². The third kappa shape index (κ3) is 3.03. The molecule has 7 heteroatoms. The van der Waals surface area contributed by atoms with Gasteiger partial charge < -0.3 is 10.1 Å². The van der Waals surface area contributed by atoms with Crippen LogP contribution in [0.2, 0.25) is 0 Å². The molecule has 0 radical (unpaired) electrons. The molecule has 0 unspecified atom stereocenters. The molecule has 1 aliphatic heterocycles. The second kappa shape index (κ2) is 6.59. The zero-order valence-corrected chi connectivity index (χ0v) is 14.3. The molecule has 134 valence electrons. The number of hydrogen-bond donors (Lipinski definition) is 1. The Morgan fingerprint density at radius 3 is 2.31 bits per heavy atom. The van der Waals surface area contributed by atoms with E-state index in [0.29, 0.717) is 11.3 Å². The Balaban J connectivity index is 1.81. The van der Waals surface area contributed by atoms with Crippen molar-refractivity contribution in [2.75, 3.05) is 13.7 Å². The number of carbonyl (C=O) groups excluding carboxylic acids is 3. The molecule has 0 aromatic heterocycles. The number of methoxy groups -OCH3 is 1. The fourth-order valence-electron chi connectivity index (χ4n) is 2.83. The SMILES string of the molecule is COc1ccc([C@@]2(C)NC(=O)N(CC(=O)c3ccc(F)cc3)C2=O)cc1. The van der Waals surface area contributed by atoms with Gasteiger partial charge in [-0.3, -0.25) is 14.5 Å². The maximum Gasteiger partial charge on any atom is 0.325 e. The molecule has 2 aromatic carbocycles. The summed E-state index contributed by atoms with van der Waals surface area (Å²) >= 11 is 0. The van der Waals surface area contributed by atoms with E-state index in [1.165, 1.54) is 19.2 Å². The lowest BCUT2D eigenvalue weighted by Gasteiger charge is -2.22. The quantitative estimate of drug-likeness (QED) is 0.660. The number of imide groups is 1. The molecular formula is C19H17FN2O4. The van der Waals surface area contributed by atoms with E-state index < -0.39 is 35.6 Å². The molecule has 1 saturated heterocycles. The summed E-state index contributed by atoms with van der Waals surface area (Å²) in [4.78, 5) is 38.3. The number of benzene rings is 2. The van der Waals surface area contributed by atoms with Gasteiger partial charge >= 0.3 is 6.03 Å². The van der Waals surface area contributed by atoms with Gasteiger partial charge in [0.1, 0.15) is 17.1 Å². The lowest BCUT2D eigenvalue weighted by atomic mass is 9.92. The number of Topliss-reactive ketones (excluding diaryl/α,β-unsaturated/α-hetero) is 1. The first-order chi connectivity index (χ1) is 12.3. The highest BCUT2D eigenvalue weighted by Crippen LogP contribution is 2.30. The van der Waals surface area contributed by atoms with Crippen LogP contribution < -0.4 is 10.1 Å². The van der Waals surface area contributed by atoms with Gasteiger partial charge in [0.15, 0.2) is 5.78 Å². The number of rotatable bonds is 5. The van der Waals surface area contributed by atoms with Gasteiger partial charge in [-0.25, -0.2) is 9.18 Å². The third-order valence-corrected chi connectivity index (χ3v) is 4.41. The number of carbonyl (C=O) groups is 3. The molecule has 1 fully saturated rings. The average Bonchev–Trinajstić information content (AvgIpc) is 2.86. The van der Waals surface area contributed by atoms with Crippen molar-refractivity contribution in [2.45, 2.75) is 12.5 Å². The maximum atomic E-state index is 13.0. The van der Waals surface area contributed by atoms with E-state index in [2.05, 4.69) is 5.32 Å². The highest BCUT2D eigenvalue weighted by molar-refractivity contribution is 6.11. The number of nitrogens with one attached hydrogen (secondary N) is 1. The Morgan fingerprint density at radius 1 is 1.12 bits per heavy atom. The number of nitrogens with zero attached hydrogens (tertiary/aromatic N) is 1. The monoisotopic (exact) mass is 356 g/mol. The minimum absolute atomic E-state index is 0.227. The van der Waals surface area contributed by atoms with Gasteiger partial charge in [-0.15, -0.1) is 0 Å². The molecule has 1 heterocycles. The highest BCUT2D eigenvalue weighted by Gasteiger charge is 2.49. The molecule has 3 amide bonds. The van der Waals surface area contributed by atoms with Crippen molar-refractivity contribution >= 4 is 17.7 Å². The Bertz CT molecular complexity index is 864. The van der Waals surface area contributed by atoms with Crippen LogP contribution in [-0.2, 0) is 10.3 Å². The molecular weight excluding hydrogens is 339 g/mol. The van der Waals surface area contributed by atoms with Crippen molar-refractivity contribution in [3.8, 4) is 5.75 Å². The van der Waals surface area contributed by atoms with Gasteiger partial charge in [-0.05, 0) is 48.9 Å². The summed E-state index contributed by atoms with van der Waals surface area (Å²) in [6.45, 7) is 1.17. The van der Waals surface area contributed by atoms with E-state index in [4.69, 9.17) is 4.74 Å². The lowest BCUT2D eigenvalue weighted by Crippen LogP contribution is -2.41. The number of amides is 3. The summed E-state index contributed by atoms with van der Waals surface area (Å²) in [7, 11) is 1.53. The molecule has 26 heavy (non-hydrogen) atoms. The van der Waals surface area contributed by atoms with E-state index in [0.717, 1.165) is 17.0 Å². The number of hydrogen-bond acceptors (Lipinski definition) is 4. The van der Waals surface area contributed by atoms with Gasteiger partial charge in [0.2, 0.25) is 0 Å². The topological polar surface area (TPSA) is 75.7 Å². The van der Waals surface area contributed by atoms with Crippen LogP contribution in [0.5, 0.6) is 5.75 Å². The number of ketones is 1. The minimum Gasteiger partial charge on any atom is -0.497 e. The summed E-state index contributed by atoms with van der Waals surface area (Å²) in [5, 5.41) is 2.63. The van der Waals surface area contributed by atoms with Crippen molar-refractivity contribution in [1.82, 2.24) is 10.2 Å². The third-order valence-electron chi connectivity index (χ3n) is 4.41. The van der Waals surface area contributed by atoms with Crippen molar-refractivity contribution < 1.29 is 23.5 Å². The van der Waals surface area contributed by atoms with E-state index in [9.17, 15) is 18.8 Å². The molecule has 1 atom stereocenters. The predicted octanol–water partition coefficient (Wildman–Crippen LogP) is 2.48. The van der Waals surface area contributed by atoms with Gasteiger partial charge in [-0.2, -0.15) is 0 Å². The molecule has 0 aliphatic carbocycles. The standard InChI is InChI=1S/C19H17FN2O4/c1-19(13-5-9-15(26-2)10-6-13)17(24)22(18(25)21-19)11-16(23)12-3-7-14(20)8-4-12/h3-10H,11H2,1-2H3,(H,21,25)/t19-/m1/s1. The van der Waals surface area contributed by atoms with Crippen LogP contribution in [0.3, 0.4) is 0 Å². The summed E-state index contributed by atoms with van der Waals surface area (Å²) in [6, 6.07) is 11.0. The van der Waals surface area contributed by atoms with Gasteiger partial charge in [-0.1, -0.05) is 12.1 Å². The molecule has 0 spiro atoms. The Kier molecular flexibility index (Phi) is 4.46. The smallest absolute Gasteiger partial charge is 0.325 e. The molecule has 0 bridgehead atoms. The van der Waals surface area contributed by atoms with Crippen molar-refractivity contribution in [3.05, 3.63) is 65.5 Å². The van der Waals surface area contributed by atoms with Crippen LogP contribution in [0, 0.1) is 5.82 Å². The van der Waals surface area contributed by atoms with Crippen LogP contribution in [-0.4, -0.2) is 36.3 Å². The van der Waals surface area contributed by atoms with Gasteiger partial charge in [0.25, 0.3) is 5.91 Å². The summed E-state index contributed by atoms with van der Waals surface area (Å²) < 4.78 is 18.1. The number of ether oxygens (including phenoxy) is 1. The van der Waals surface area contributed by atoms with Crippen LogP contribution in [0.15, 0.2) is 48.5 Å². The largest absolute Gasteiger partial charge is 0.497 e. The second-order valence-corrected chi connectivity index (χ2v) is 6.11. The van der Waals surface area contributed by atoms with Crippen molar-refractivity contribution in [1.29, 1.82) is 0 Å². The Labute approximate surface area is 149 Å². The first-order valence-corrected chi connectivity index (χ1v) is 7.92. The molecule has 1 aliphatic rings. The fourth-order valence-corrected chi connectivity index (χ4v) is 2.83. The van der Waals surface area contributed by atoms with Crippen molar-refractivity contribution in [2.24, 2.45) is 0 Å². The normalized spacial score (nSPS) is 19.4. The van der Waals surface area contributed by atoms with Crippen LogP contribution in [0.4, 0.5) is 9.18 Å². The summed E-state index contributed by atoms with van der Waals surface area (Å²) in [5.41, 5.74) is -0.467. The van der Waals surface area contributed by atoms with E-state index in [-0.39, 0.29) is 5.56 Å². The van der Waals surface area contributed by atoms with Crippen LogP contribution >= 0.6 is 0 Å². The zero-order chi connectivity index (χ0) is 18.9. The van der Waals surface area contributed by atoms with Gasteiger partial charge in [0.05, 0.1) is 13.7 Å². The van der Waals surface area contributed by atoms with Crippen LogP contribution in [0.1, 0.15) is 22.8 Å². The second-order valence-electron chi connectivity index (χ2n) is 6.11. The maximum absolute atomic E-state index is 13.0. The first kappa shape index (κ1) is 17.6. The molecule has 0 saturated carbocycles. The number of halogens is 1. The first-order valence-electron chi connectivity index (χ1n) is 7.92. The highest BCUT2D eigenvalue weighted by atomic mass is 19.1. The van der Waals surface area contributed by atoms with Crippen LogP contribution in [0.25, 0.3) is 0 Å². The molecule has 2 aromatic rings. The van der Waals surface area contributed by atoms with E-state index >= 15 is 0 Å². The summed E-state index contributed by atoms with van der Waals surface area (Å²) in [6.07, 6.45) is 0. The fraction of sp³-hybridized carbons (Fsp3) is 0.211. The number of urea groups is 1. The van der Waals surface area contributed by atoms with E-state index in [1.807, 2.05) is 0 Å². The predicted molar refractivity (Wildman–Crippen MR) is 91.3 cm³/mol. The zero-order valence-electron chi connectivity index (χ0n) is 14.3. The summed E-state index contributed by atoms with van der Waals surface area (Å²) in [5.74, 6) is -0.823. The minimum atomic E-state index is -1.27. The Hall–Kier alpha value is -3.22. The average molecular weight is 356 g/mol. The molecule has 6 nitrogen and oxygen atoms in total. The molecule has 3 rings (SSSR count). The lowest BCUT2D eigenvalue weighted by molar-refractivity contribution is -0.130. The van der Waals surface area contributed by atoms with E-state index in [1.54, 1.807) is 31.2 Å². The Morgan fingerprint density at radius 2 is 1.73 bits per heavy atom. The molecule has 1 N–H and O–H groups in total.